The standard InChI is InChI=1S/C24H19BrIN3O3/c1-28-19-5-3-4-18(20(19)21(30)29(2)23(28)32)24(26,22(27)31)16-10-6-14(7-11-16)15-8-12-17(25)13-9-15/h3-13H,1-2H3,(H2,27,31). The van der Waals surface area contributed by atoms with Crippen molar-refractivity contribution in [1.29, 1.82) is 0 Å². The van der Waals surface area contributed by atoms with Gasteiger partial charge in [-0.25, -0.2) is 4.79 Å². The maximum Gasteiger partial charge on any atom is 0.330 e. The number of alkyl halides is 1. The van der Waals surface area contributed by atoms with Crippen molar-refractivity contribution in [3.8, 4) is 11.1 Å². The van der Waals surface area contributed by atoms with Crippen molar-refractivity contribution in [3.63, 3.8) is 0 Å². The summed E-state index contributed by atoms with van der Waals surface area (Å²) in [5.74, 6) is -0.599. The van der Waals surface area contributed by atoms with Gasteiger partial charge in [0.25, 0.3) is 5.56 Å². The molecule has 1 heterocycles. The van der Waals surface area contributed by atoms with Crippen LogP contribution in [0.3, 0.4) is 0 Å². The molecule has 4 rings (SSSR count). The highest BCUT2D eigenvalue weighted by molar-refractivity contribution is 14.1. The van der Waals surface area contributed by atoms with E-state index in [1.54, 1.807) is 25.2 Å². The van der Waals surface area contributed by atoms with Crippen LogP contribution in [-0.4, -0.2) is 15.0 Å². The van der Waals surface area contributed by atoms with Crippen molar-refractivity contribution < 1.29 is 4.79 Å². The van der Waals surface area contributed by atoms with Gasteiger partial charge in [-0.15, -0.1) is 0 Å². The molecule has 0 aliphatic heterocycles. The van der Waals surface area contributed by atoms with Crippen LogP contribution in [-0.2, 0) is 22.3 Å². The van der Waals surface area contributed by atoms with Crippen molar-refractivity contribution in [1.82, 2.24) is 9.13 Å². The molecular formula is C24H19BrIN3O3. The van der Waals surface area contributed by atoms with Crippen LogP contribution < -0.4 is 17.0 Å². The molecule has 0 fully saturated rings. The molecular weight excluding hydrogens is 585 g/mol. The molecule has 1 amide bonds. The largest absolute Gasteiger partial charge is 0.368 e. The zero-order chi connectivity index (χ0) is 23.2. The number of carbonyl (C=O) groups excluding carboxylic acids is 1. The van der Waals surface area contributed by atoms with Gasteiger partial charge >= 0.3 is 5.69 Å². The maximum absolute atomic E-state index is 13.1. The predicted molar refractivity (Wildman–Crippen MR) is 138 cm³/mol. The number of halogens is 2. The van der Waals surface area contributed by atoms with E-state index >= 15 is 0 Å². The molecule has 1 unspecified atom stereocenters. The molecule has 1 aromatic heterocycles. The Labute approximate surface area is 206 Å². The third-order valence-electron chi connectivity index (χ3n) is 5.67. The second kappa shape index (κ2) is 8.32. The van der Waals surface area contributed by atoms with E-state index in [9.17, 15) is 14.4 Å². The van der Waals surface area contributed by atoms with Gasteiger partial charge in [-0.3, -0.25) is 18.7 Å². The minimum atomic E-state index is -1.31. The molecule has 6 nitrogen and oxygen atoms in total. The number of hydrogen-bond donors (Lipinski definition) is 1. The van der Waals surface area contributed by atoms with E-state index in [4.69, 9.17) is 5.73 Å². The highest BCUT2D eigenvalue weighted by Gasteiger charge is 2.40. The minimum Gasteiger partial charge on any atom is -0.368 e. The smallest absolute Gasteiger partial charge is 0.330 e. The van der Waals surface area contributed by atoms with Crippen LogP contribution in [0.2, 0.25) is 0 Å². The van der Waals surface area contributed by atoms with Crippen LogP contribution in [0.4, 0.5) is 0 Å². The van der Waals surface area contributed by atoms with Crippen molar-refractivity contribution >= 4 is 55.3 Å². The Kier molecular flexibility index (Phi) is 5.85. The first-order valence-electron chi connectivity index (χ1n) is 9.70. The summed E-state index contributed by atoms with van der Waals surface area (Å²) < 4.78 is 2.12. The Morgan fingerprint density at radius 3 is 2.03 bits per heavy atom. The molecule has 0 saturated carbocycles. The topological polar surface area (TPSA) is 87.1 Å². The van der Waals surface area contributed by atoms with Crippen LogP contribution in [0.5, 0.6) is 0 Å². The van der Waals surface area contributed by atoms with Gasteiger partial charge in [-0.2, -0.15) is 0 Å². The Balaban J connectivity index is 1.95. The summed E-state index contributed by atoms with van der Waals surface area (Å²) in [6.45, 7) is 0. The second-order valence-electron chi connectivity index (χ2n) is 7.51. The van der Waals surface area contributed by atoms with Gasteiger partial charge in [-0.05, 0) is 40.5 Å². The van der Waals surface area contributed by atoms with Crippen molar-refractivity contribution in [3.05, 3.63) is 103 Å². The monoisotopic (exact) mass is 603 g/mol. The molecule has 8 heteroatoms. The number of primary amides is 1. The van der Waals surface area contributed by atoms with E-state index in [0.29, 0.717) is 22.0 Å². The third-order valence-corrected chi connectivity index (χ3v) is 7.93. The zero-order valence-corrected chi connectivity index (χ0v) is 21.0. The molecule has 0 aliphatic carbocycles. The molecule has 0 spiro atoms. The fourth-order valence-corrected chi connectivity index (χ4v) is 4.95. The first-order valence-corrected chi connectivity index (χ1v) is 11.6. The minimum absolute atomic E-state index is 0.294. The summed E-state index contributed by atoms with van der Waals surface area (Å²) in [6, 6.07) is 20.6. The molecule has 2 N–H and O–H groups in total. The average Bonchev–Trinajstić information content (AvgIpc) is 2.80. The Bertz CT molecular complexity index is 1470. The van der Waals surface area contributed by atoms with Gasteiger partial charge in [0.15, 0.2) is 3.42 Å². The number of aromatic nitrogens is 2. The van der Waals surface area contributed by atoms with Gasteiger partial charge in [0.05, 0.1) is 10.9 Å². The molecule has 0 radical (unpaired) electrons. The van der Waals surface area contributed by atoms with Crippen LogP contribution >= 0.6 is 38.5 Å². The van der Waals surface area contributed by atoms with Crippen LogP contribution in [0, 0.1) is 0 Å². The summed E-state index contributed by atoms with van der Waals surface area (Å²) in [7, 11) is 3.02. The molecule has 32 heavy (non-hydrogen) atoms. The van der Waals surface area contributed by atoms with Gasteiger partial charge < -0.3 is 5.73 Å². The molecule has 162 valence electrons. The first-order chi connectivity index (χ1) is 15.2. The lowest BCUT2D eigenvalue weighted by Crippen LogP contribution is -2.41. The molecule has 0 bridgehead atoms. The summed E-state index contributed by atoms with van der Waals surface area (Å²) in [6.07, 6.45) is 0. The number of hydrogen-bond acceptors (Lipinski definition) is 3. The molecule has 1 atom stereocenters. The van der Waals surface area contributed by atoms with Gasteiger partial charge in [-0.1, -0.05) is 87.1 Å². The van der Waals surface area contributed by atoms with E-state index in [1.165, 1.54) is 11.6 Å². The first kappa shape index (κ1) is 22.5. The Morgan fingerprint density at radius 2 is 1.47 bits per heavy atom. The van der Waals surface area contributed by atoms with Gasteiger partial charge in [0, 0.05) is 18.6 Å². The molecule has 3 aromatic carbocycles. The fourth-order valence-electron chi connectivity index (χ4n) is 3.88. The zero-order valence-electron chi connectivity index (χ0n) is 17.3. The van der Waals surface area contributed by atoms with E-state index in [1.807, 2.05) is 71.1 Å². The lowest BCUT2D eigenvalue weighted by molar-refractivity contribution is -0.119. The summed E-state index contributed by atoms with van der Waals surface area (Å²) in [5, 5.41) is 0.294. The average molecular weight is 604 g/mol. The maximum atomic E-state index is 13.1. The van der Waals surface area contributed by atoms with Crippen LogP contribution in [0.1, 0.15) is 11.1 Å². The summed E-state index contributed by atoms with van der Waals surface area (Å²) in [5.41, 5.74) is 8.59. The lowest BCUT2D eigenvalue weighted by Gasteiger charge is -2.27. The SMILES string of the molecule is Cn1c(=O)c2c(C(I)(C(N)=O)c3ccc(-c4ccc(Br)cc4)cc3)cccc2n(C)c1=O. The number of nitrogens with two attached hydrogens (primary N) is 1. The lowest BCUT2D eigenvalue weighted by atomic mass is 9.87. The fraction of sp³-hybridized carbons (Fsp3) is 0.125. The highest BCUT2D eigenvalue weighted by atomic mass is 127. The number of nitrogens with zero attached hydrogens (tertiary/aromatic N) is 2. The Morgan fingerprint density at radius 1 is 0.906 bits per heavy atom. The Hall–Kier alpha value is -2.72. The molecule has 4 aromatic rings. The quantitative estimate of drug-likeness (QED) is 0.284. The van der Waals surface area contributed by atoms with E-state index < -0.39 is 20.6 Å². The van der Waals surface area contributed by atoms with E-state index in [2.05, 4.69) is 15.9 Å². The second-order valence-corrected chi connectivity index (χ2v) is 10.0. The van der Waals surface area contributed by atoms with E-state index in [0.717, 1.165) is 20.2 Å². The number of rotatable bonds is 4. The summed E-state index contributed by atoms with van der Waals surface area (Å²) >= 11 is 5.44. The van der Waals surface area contributed by atoms with Gasteiger partial charge in [0.1, 0.15) is 0 Å². The molecule has 0 saturated heterocycles. The molecule has 0 aliphatic rings. The van der Waals surface area contributed by atoms with Crippen LogP contribution in [0.25, 0.3) is 22.0 Å². The number of aryl methyl sites for hydroxylation is 1. The number of carbonyl (C=O) groups is 1. The third kappa shape index (κ3) is 3.51. The van der Waals surface area contributed by atoms with E-state index in [-0.39, 0.29) is 0 Å². The number of benzene rings is 3. The number of fused-ring (bicyclic) bond motifs is 1. The van der Waals surface area contributed by atoms with Crippen molar-refractivity contribution in [2.24, 2.45) is 19.8 Å². The summed E-state index contributed by atoms with van der Waals surface area (Å²) in [4.78, 5) is 38.3. The van der Waals surface area contributed by atoms with Crippen LogP contribution in [0.15, 0.2) is 80.8 Å². The van der Waals surface area contributed by atoms with Gasteiger partial charge in [0.2, 0.25) is 5.91 Å². The normalized spacial score (nSPS) is 13.1. The highest BCUT2D eigenvalue weighted by Crippen LogP contribution is 2.42. The predicted octanol–water partition coefficient (Wildman–Crippen LogP) is 3.83. The number of amides is 1. The van der Waals surface area contributed by atoms with Crippen molar-refractivity contribution in [2.45, 2.75) is 3.42 Å². The van der Waals surface area contributed by atoms with Crippen molar-refractivity contribution in [2.75, 3.05) is 0 Å².